The topological polar surface area (TPSA) is 60.7 Å². The van der Waals surface area contributed by atoms with Crippen LogP contribution in [0.1, 0.15) is 32.6 Å². The standard InChI is InChI=1S/C6H14O.C2H6O2.C2H4/c1-2-3-4-5-6-7;3-1-2-4;1-2/h7H,2-6H2,1H3;3-4H,1-2H2;1-2H2. The van der Waals surface area contributed by atoms with Crippen LogP contribution in [0.25, 0.3) is 0 Å². The monoisotopic (exact) mass is 192 g/mol. The average molecular weight is 192 g/mol. The van der Waals surface area contributed by atoms with Crippen molar-refractivity contribution in [1.82, 2.24) is 0 Å². The molecule has 0 aliphatic rings. The zero-order valence-electron chi connectivity index (χ0n) is 8.71. The van der Waals surface area contributed by atoms with Crippen LogP contribution in [0.4, 0.5) is 0 Å². The number of aliphatic hydroxyl groups is 3. The molecule has 0 aromatic heterocycles. The Kier molecular flexibility index (Phi) is 42.4. The summed E-state index contributed by atoms with van der Waals surface area (Å²) in [6, 6.07) is 0. The van der Waals surface area contributed by atoms with Gasteiger partial charge in [-0.15, -0.1) is 13.2 Å². The van der Waals surface area contributed by atoms with Crippen LogP contribution >= 0.6 is 0 Å². The van der Waals surface area contributed by atoms with Gasteiger partial charge in [-0.05, 0) is 6.42 Å². The molecule has 3 N–H and O–H groups in total. The smallest absolute Gasteiger partial charge is 0.0662 e. The molecule has 82 valence electrons. The molecule has 13 heavy (non-hydrogen) atoms. The molecular formula is C10H24O3. The van der Waals surface area contributed by atoms with Crippen molar-refractivity contribution in [2.75, 3.05) is 19.8 Å². The van der Waals surface area contributed by atoms with Gasteiger partial charge in [-0.2, -0.15) is 0 Å². The molecular weight excluding hydrogens is 168 g/mol. The van der Waals surface area contributed by atoms with Crippen LogP contribution in [0.15, 0.2) is 13.2 Å². The molecule has 0 saturated heterocycles. The molecule has 0 saturated carbocycles. The lowest BCUT2D eigenvalue weighted by Gasteiger charge is -1.90. The number of aliphatic hydroxyl groups excluding tert-OH is 3. The van der Waals surface area contributed by atoms with E-state index in [9.17, 15) is 0 Å². The molecule has 0 aromatic carbocycles. The fourth-order valence-electron chi connectivity index (χ4n) is 0.539. The molecule has 3 nitrogen and oxygen atoms in total. The van der Waals surface area contributed by atoms with E-state index in [-0.39, 0.29) is 13.2 Å². The minimum absolute atomic E-state index is 0.125. The SMILES string of the molecule is C=C.CCCCCCO.OCCO. The Morgan fingerprint density at radius 1 is 0.769 bits per heavy atom. The van der Waals surface area contributed by atoms with Gasteiger partial charge < -0.3 is 15.3 Å². The van der Waals surface area contributed by atoms with Crippen LogP contribution in [-0.2, 0) is 0 Å². The van der Waals surface area contributed by atoms with Crippen molar-refractivity contribution in [3.05, 3.63) is 13.2 Å². The molecule has 0 rings (SSSR count). The minimum Gasteiger partial charge on any atom is -0.396 e. The Bertz CT molecular complexity index is 52.1. The predicted octanol–water partition coefficient (Wildman–Crippen LogP) is 1.33. The Morgan fingerprint density at radius 2 is 1.23 bits per heavy atom. The second-order valence-electron chi connectivity index (χ2n) is 2.23. The van der Waals surface area contributed by atoms with Gasteiger partial charge >= 0.3 is 0 Å². The summed E-state index contributed by atoms with van der Waals surface area (Å²) in [5, 5.41) is 23.5. The first-order chi connectivity index (χ1) is 6.33. The number of rotatable bonds is 5. The quantitative estimate of drug-likeness (QED) is 0.455. The van der Waals surface area contributed by atoms with E-state index in [2.05, 4.69) is 20.1 Å². The van der Waals surface area contributed by atoms with Crippen LogP contribution < -0.4 is 0 Å². The minimum atomic E-state index is -0.125. The first-order valence-electron chi connectivity index (χ1n) is 4.66. The Hall–Kier alpha value is -0.380. The molecule has 0 bridgehead atoms. The van der Waals surface area contributed by atoms with E-state index in [4.69, 9.17) is 15.3 Å². The van der Waals surface area contributed by atoms with E-state index < -0.39 is 0 Å². The summed E-state index contributed by atoms with van der Waals surface area (Å²) < 4.78 is 0. The summed E-state index contributed by atoms with van der Waals surface area (Å²) in [4.78, 5) is 0. The zero-order valence-corrected chi connectivity index (χ0v) is 8.71. The third kappa shape index (κ3) is 50.4. The van der Waals surface area contributed by atoms with Gasteiger partial charge in [-0.25, -0.2) is 0 Å². The number of hydrogen-bond donors (Lipinski definition) is 3. The van der Waals surface area contributed by atoms with Crippen LogP contribution in [0.3, 0.4) is 0 Å². The summed E-state index contributed by atoms with van der Waals surface area (Å²) in [6.07, 6.45) is 4.68. The molecule has 0 atom stereocenters. The fourth-order valence-corrected chi connectivity index (χ4v) is 0.539. The maximum atomic E-state index is 8.29. The normalized spacial score (nSPS) is 7.69. The zero-order chi connectivity index (χ0) is 10.9. The largest absolute Gasteiger partial charge is 0.396 e. The highest BCUT2D eigenvalue weighted by Crippen LogP contribution is 1.95. The fraction of sp³-hybridized carbons (Fsp3) is 0.800. The van der Waals surface area contributed by atoms with Crippen molar-refractivity contribution in [2.24, 2.45) is 0 Å². The van der Waals surface area contributed by atoms with Crippen molar-refractivity contribution in [3.63, 3.8) is 0 Å². The Labute approximate surface area is 81.7 Å². The summed E-state index contributed by atoms with van der Waals surface area (Å²) in [6.45, 7) is 8.28. The van der Waals surface area contributed by atoms with Gasteiger partial charge in [-0.1, -0.05) is 26.2 Å². The Balaban J connectivity index is -0.000000142. The number of unbranched alkanes of at least 4 members (excludes halogenated alkanes) is 3. The lowest BCUT2D eigenvalue weighted by Crippen LogP contribution is -1.85. The van der Waals surface area contributed by atoms with Crippen LogP contribution in [0.2, 0.25) is 0 Å². The lowest BCUT2D eigenvalue weighted by molar-refractivity contribution is 0.186. The van der Waals surface area contributed by atoms with Crippen LogP contribution in [0.5, 0.6) is 0 Å². The molecule has 0 heterocycles. The van der Waals surface area contributed by atoms with Crippen molar-refractivity contribution < 1.29 is 15.3 Å². The van der Waals surface area contributed by atoms with Gasteiger partial charge in [0.15, 0.2) is 0 Å². The highest BCUT2D eigenvalue weighted by Gasteiger charge is 1.80. The maximum absolute atomic E-state index is 8.29. The maximum Gasteiger partial charge on any atom is 0.0662 e. The van der Waals surface area contributed by atoms with Gasteiger partial charge in [0.2, 0.25) is 0 Å². The molecule has 0 aliphatic carbocycles. The molecule has 0 radical (unpaired) electrons. The summed E-state index contributed by atoms with van der Waals surface area (Å²) in [5.41, 5.74) is 0. The van der Waals surface area contributed by atoms with Gasteiger partial charge in [0.25, 0.3) is 0 Å². The van der Waals surface area contributed by atoms with Gasteiger partial charge in [0.1, 0.15) is 0 Å². The highest BCUT2D eigenvalue weighted by atomic mass is 16.3. The molecule has 0 aliphatic heterocycles. The second-order valence-corrected chi connectivity index (χ2v) is 2.23. The van der Waals surface area contributed by atoms with Crippen molar-refractivity contribution in [2.45, 2.75) is 32.6 Å². The lowest BCUT2D eigenvalue weighted by atomic mass is 10.2. The van der Waals surface area contributed by atoms with Gasteiger partial charge in [0.05, 0.1) is 13.2 Å². The van der Waals surface area contributed by atoms with Crippen LogP contribution in [0, 0.1) is 0 Å². The first kappa shape index (κ1) is 18.4. The first-order valence-corrected chi connectivity index (χ1v) is 4.66. The van der Waals surface area contributed by atoms with Crippen molar-refractivity contribution >= 4 is 0 Å². The van der Waals surface area contributed by atoms with Crippen molar-refractivity contribution in [3.8, 4) is 0 Å². The summed E-state index contributed by atoms with van der Waals surface area (Å²) >= 11 is 0. The molecule has 0 fully saturated rings. The van der Waals surface area contributed by atoms with Crippen molar-refractivity contribution in [1.29, 1.82) is 0 Å². The third-order valence-corrected chi connectivity index (χ3v) is 1.11. The van der Waals surface area contributed by atoms with E-state index >= 15 is 0 Å². The van der Waals surface area contributed by atoms with E-state index in [1.54, 1.807) is 0 Å². The summed E-state index contributed by atoms with van der Waals surface area (Å²) in [7, 11) is 0. The van der Waals surface area contributed by atoms with E-state index in [1.807, 2.05) is 0 Å². The van der Waals surface area contributed by atoms with Gasteiger partial charge in [-0.3, -0.25) is 0 Å². The second kappa shape index (κ2) is 29.9. The molecule has 0 unspecified atom stereocenters. The summed E-state index contributed by atoms with van der Waals surface area (Å²) in [5.74, 6) is 0. The van der Waals surface area contributed by atoms with E-state index in [0.717, 1.165) is 6.42 Å². The molecule has 0 aromatic rings. The average Bonchev–Trinajstić information content (AvgIpc) is 2.22. The molecule has 0 amide bonds. The van der Waals surface area contributed by atoms with Crippen LogP contribution in [-0.4, -0.2) is 35.1 Å². The van der Waals surface area contributed by atoms with E-state index in [0.29, 0.717) is 6.61 Å². The molecule has 0 spiro atoms. The number of hydrogen-bond acceptors (Lipinski definition) is 3. The van der Waals surface area contributed by atoms with Gasteiger partial charge in [0, 0.05) is 6.61 Å². The third-order valence-electron chi connectivity index (χ3n) is 1.11. The Morgan fingerprint density at radius 3 is 1.46 bits per heavy atom. The molecule has 3 heteroatoms. The highest BCUT2D eigenvalue weighted by molar-refractivity contribution is 4.35. The predicted molar refractivity (Wildman–Crippen MR) is 56.7 cm³/mol. The van der Waals surface area contributed by atoms with E-state index in [1.165, 1.54) is 19.3 Å².